The van der Waals surface area contributed by atoms with Crippen molar-refractivity contribution in [3.63, 3.8) is 0 Å². The molecule has 0 amide bonds. The number of ether oxygens (including phenoxy) is 2. The monoisotopic (exact) mass is 496 g/mol. The molecule has 0 atom stereocenters. The van der Waals surface area contributed by atoms with Crippen LogP contribution >= 0.6 is 0 Å². The molecule has 2 heterocycles. The summed E-state index contributed by atoms with van der Waals surface area (Å²) in [5.74, 6) is -2.75. The van der Waals surface area contributed by atoms with Crippen LogP contribution in [-0.4, -0.2) is 80.4 Å². The van der Waals surface area contributed by atoms with Crippen molar-refractivity contribution < 1.29 is 31.4 Å². The van der Waals surface area contributed by atoms with E-state index in [1.807, 2.05) is 21.0 Å². The minimum atomic E-state index is -4.37. The molecule has 3 rings (SSSR count). The molecule has 1 saturated carbocycles. The van der Waals surface area contributed by atoms with Gasteiger partial charge in [0.15, 0.2) is 0 Å². The van der Waals surface area contributed by atoms with Crippen molar-refractivity contribution in [2.24, 2.45) is 5.41 Å². The lowest BCUT2D eigenvalue weighted by Gasteiger charge is -2.40. The van der Waals surface area contributed by atoms with E-state index in [1.165, 1.54) is 4.68 Å². The van der Waals surface area contributed by atoms with Crippen LogP contribution in [0.2, 0.25) is 0 Å². The second-order valence-corrected chi connectivity index (χ2v) is 9.86. The van der Waals surface area contributed by atoms with E-state index in [2.05, 4.69) is 15.3 Å². The first kappa shape index (κ1) is 27.3. The molecular weight excluding hydrogens is 459 g/mol. The number of rotatable bonds is 12. The van der Waals surface area contributed by atoms with Crippen molar-refractivity contribution in [3.8, 4) is 0 Å². The average molecular weight is 497 g/mol. The van der Waals surface area contributed by atoms with Gasteiger partial charge in [0.05, 0.1) is 25.3 Å². The molecule has 196 valence electrons. The largest absolute Gasteiger partial charge is 0.411 e. The Morgan fingerprint density at radius 3 is 2.47 bits per heavy atom. The third-order valence-electron chi connectivity index (χ3n) is 6.89. The number of nitrogens with one attached hydrogen (secondary N) is 1. The van der Waals surface area contributed by atoms with Crippen molar-refractivity contribution in [2.75, 3.05) is 53.6 Å². The highest BCUT2D eigenvalue weighted by atomic mass is 19.4. The summed E-state index contributed by atoms with van der Waals surface area (Å²) in [7, 11) is 3.85. The Labute approximate surface area is 198 Å². The highest BCUT2D eigenvalue weighted by Crippen LogP contribution is 2.47. The Balaban J connectivity index is 1.75. The topological polar surface area (TPSA) is 51.6 Å². The smallest absolute Gasteiger partial charge is 0.381 e. The van der Waals surface area contributed by atoms with E-state index in [-0.39, 0.29) is 18.9 Å². The maximum absolute atomic E-state index is 14.2. The molecule has 1 aliphatic carbocycles. The van der Waals surface area contributed by atoms with Crippen LogP contribution in [0, 0.1) is 5.41 Å². The molecule has 0 bridgehead atoms. The Morgan fingerprint density at radius 2 is 1.85 bits per heavy atom. The summed E-state index contributed by atoms with van der Waals surface area (Å²) in [4.78, 5) is 2.11. The molecule has 1 aliphatic heterocycles. The van der Waals surface area contributed by atoms with Gasteiger partial charge in [-0.05, 0) is 52.6 Å². The molecule has 0 aromatic carbocycles. The van der Waals surface area contributed by atoms with Crippen LogP contribution in [0.5, 0.6) is 0 Å². The van der Waals surface area contributed by atoms with Gasteiger partial charge in [-0.2, -0.15) is 18.3 Å². The van der Waals surface area contributed by atoms with E-state index in [0.717, 1.165) is 24.3 Å². The lowest BCUT2D eigenvalue weighted by atomic mass is 9.69. The van der Waals surface area contributed by atoms with Gasteiger partial charge in [0.25, 0.3) is 5.92 Å². The molecule has 0 saturated heterocycles. The zero-order chi connectivity index (χ0) is 25.0. The van der Waals surface area contributed by atoms with Crippen LogP contribution < -0.4 is 5.32 Å². The molecule has 34 heavy (non-hydrogen) atoms. The lowest BCUT2D eigenvalue weighted by molar-refractivity contribution is -0.185. The van der Waals surface area contributed by atoms with Gasteiger partial charge in [-0.1, -0.05) is 0 Å². The number of fused-ring (bicyclic) bond motifs is 1. The standard InChI is InChI=1S/C23H37F5N4O2/c1-4-33-14-21(15-34-16-23(26,27)28)7-5-17(6-8-21)20-18(12-31(3)10-9-29-2)30-32-13-22(24,25)11-19(20)32/h17,29H,4-16H2,1-3H3. The molecule has 1 fully saturated rings. The van der Waals surface area contributed by atoms with E-state index >= 15 is 0 Å². The fraction of sp³-hybridized carbons (Fsp3) is 0.870. The van der Waals surface area contributed by atoms with Gasteiger partial charge in [-0.3, -0.25) is 9.58 Å². The molecule has 0 unspecified atom stereocenters. The van der Waals surface area contributed by atoms with E-state index in [0.29, 0.717) is 51.1 Å². The summed E-state index contributed by atoms with van der Waals surface area (Å²) >= 11 is 0. The fourth-order valence-electron chi connectivity index (χ4n) is 5.18. The van der Waals surface area contributed by atoms with Crippen LogP contribution in [0.3, 0.4) is 0 Å². The second-order valence-electron chi connectivity index (χ2n) is 9.86. The highest BCUT2D eigenvalue weighted by molar-refractivity contribution is 5.34. The summed E-state index contributed by atoms with van der Waals surface area (Å²) in [6.07, 6.45) is -2.09. The van der Waals surface area contributed by atoms with Crippen molar-refractivity contribution in [1.29, 1.82) is 0 Å². The van der Waals surface area contributed by atoms with Crippen molar-refractivity contribution in [3.05, 3.63) is 17.0 Å². The first-order valence-corrected chi connectivity index (χ1v) is 12.0. The molecule has 2 aliphatic rings. The maximum Gasteiger partial charge on any atom is 0.411 e. The highest BCUT2D eigenvalue weighted by Gasteiger charge is 2.44. The lowest BCUT2D eigenvalue weighted by Crippen LogP contribution is -2.37. The summed E-state index contributed by atoms with van der Waals surface area (Å²) in [5, 5.41) is 7.68. The quantitative estimate of drug-likeness (QED) is 0.444. The number of hydrogen-bond donors (Lipinski definition) is 1. The van der Waals surface area contributed by atoms with Gasteiger partial charge in [0.1, 0.15) is 13.2 Å². The summed E-state index contributed by atoms with van der Waals surface area (Å²) in [6, 6.07) is 0. The normalized spacial score (nSPS) is 24.7. The molecule has 1 aromatic rings. The minimum absolute atomic E-state index is 0.0248. The van der Waals surface area contributed by atoms with Crippen LogP contribution in [0.1, 0.15) is 55.5 Å². The van der Waals surface area contributed by atoms with Crippen molar-refractivity contribution in [2.45, 2.75) is 70.1 Å². The Hall–Kier alpha value is -1.30. The molecule has 1 N–H and O–H groups in total. The van der Waals surface area contributed by atoms with Crippen molar-refractivity contribution >= 4 is 0 Å². The summed E-state index contributed by atoms with van der Waals surface area (Å²) < 4.78 is 78.3. The van der Waals surface area contributed by atoms with Crippen LogP contribution in [0.25, 0.3) is 0 Å². The summed E-state index contributed by atoms with van der Waals surface area (Å²) in [6.45, 7) is 3.12. The maximum atomic E-state index is 14.2. The minimum Gasteiger partial charge on any atom is -0.381 e. The molecular formula is C23H37F5N4O2. The Kier molecular flexibility index (Phi) is 8.97. The van der Waals surface area contributed by atoms with Crippen LogP contribution in [0.15, 0.2) is 0 Å². The number of aromatic nitrogens is 2. The number of nitrogens with zero attached hydrogens (tertiary/aromatic N) is 3. The van der Waals surface area contributed by atoms with Gasteiger partial charge < -0.3 is 14.8 Å². The number of likely N-dealkylation sites (N-methyl/N-ethyl adjacent to an activating group) is 2. The van der Waals surface area contributed by atoms with Gasteiger partial charge in [0, 0.05) is 42.9 Å². The predicted octanol–water partition coefficient (Wildman–Crippen LogP) is 3.99. The number of hydrogen-bond acceptors (Lipinski definition) is 5. The zero-order valence-corrected chi connectivity index (χ0v) is 20.3. The van der Waals surface area contributed by atoms with Gasteiger partial charge in [-0.15, -0.1) is 0 Å². The predicted molar refractivity (Wildman–Crippen MR) is 118 cm³/mol. The van der Waals surface area contributed by atoms with Crippen molar-refractivity contribution in [1.82, 2.24) is 20.0 Å². The molecule has 0 spiro atoms. The van der Waals surface area contributed by atoms with Gasteiger partial charge >= 0.3 is 6.18 Å². The van der Waals surface area contributed by atoms with E-state index in [4.69, 9.17) is 9.47 Å². The molecule has 1 aromatic heterocycles. The van der Waals surface area contributed by atoms with Crippen LogP contribution in [0.4, 0.5) is 22.0 Å². The fourth-order valence-corrected chi connectivity index (χ4v) is 5.18. The molecule has 11 heteroatoms. The third kappa shape index (κ3) is 7.11. The SMILES string of the molecule is CCOCC1(COCC(F)(F)F)CCC(c2c(CN(C)CCNC)nn3c2CC(F)(F)C3)CC1. The third-order valence-corrected chi connectivity index (χ3v) is 6.89. The van der Waals surface area contributed by atoms with Gasteiger partial charge in [0.2, 0.25) is 0 Å². The van der Waals surface area contributed by atoms with Crippen LogP contribution in [-0.2, 0) is 29.0 Å². The van der Waals surface area contributed by atoms with E-state index < -0.39 is 30.7 Å². The zero-order valence-electron chi connectivity index (χ0n) is 20.3. The Bertz CT molecular complexity index is 791. The van der Waals surface area contributed by atoms with Gasteiger partial charge in [-0.25, -0.2) is 8.78 Å². The average Bonchev–Trinajstić information content (AvgIpc) is 3.21. The number of alkyl halides is 5. The second kappa shape index (κ2) is 11.2. The van der Waals surface area contributed by atoms with E-state index in [1.54, 1.807) is 0 Å². The molecule has 6 nitrogen and oxygen atoms in total. The summed E-state index contributed by atoms with van der Waals surface area (Å²) in [5.41, 5.74) is 1.86. The molecule has 0 radical (unpaired) electrons. The first-order chi connectivity index (χ1) is 16.0. The first-order valence-electron chi connectivity index (χ1n) is 12.0. The Morgan fingerprint density at radius 1 is 1.18 bits per heavy atom. The van der Waals surface area contributed by atoms with E-state index in [9.17, 15) is 22.0 Å². The number of halogens is 5.